The summed E-state index contributed by atoms with van der Waals surface area (Å²) in [6, 6.07) is 21.3. The van der Waals surface area contributed by atoms with E-state index in [1.54, 1.807) is 7.11 Å². The zero-order valence-electron chi connectivity index (χ0n) is 22.3. The molecule has 0 aliphatic carbocycles. The van der Waals surface area contributed by atoms with Gasteiger partial charge in [0, 0.05) is 28.6 Å². The van der Waals surface area contributed by atoms with E-state index in [4.69, 9.17) is 16.3 Å². The van der Waals surface area contributed by atoms with Crippen LogP contribution in [0, 0.1) is 13.8 Å². The molecule has 7 heteroatoms. The first-order valence-electron chi connectivity index (χ1n) is 12.7. The highest BCUT2D eigenvalue weighted by atomic mass is 35.5. The molecule has 6 nitrogen and oxygen atoms in total. The molecule has 1 atom stereocenters. The van der Waals surface area contributed by atoms with Crippen molar-refractivity contribution in [3.05, 3.63) is 107 Å². The van der Waals surface area contributed by atoms with Crippen LogP contribution in [0.3, 0.4) is 0 Å². The number of methoxy groups -OCH3 is 1. The molecule has 0 aliphatic heterocycles. The predicted octanol–water partition coefficient (Wildman–Crippen LogP) is 7.52. The molecule has 4 aromatic rings. The minimum Gasteiger partial charge on any atom is -0.497 e. The minimum absolute atomic E-state index is 0.0555. The number of anilines is 1. The van der Waals surface area contributed by atoms with E-state index in [0.29, 0.717) is 17.2 Å². The van der Waals surface area contributed by atoms with Gasteiger partial charge in [0.1, 0.15) is 17.4 Å². The third-order valence-corrected chi connectivity index (χ3v) is 6.83. The van der Waals surface area contributed by atoms with E-state index in [-0.39, 0.29) is 11.8 Å². The summed E-state index contributed by atoms with van der Waals surface area (Å²) in [5.41, 5.74) is 5.45. The first kappa shape index (κ1) is 27.1. The van der Waals surface area contributed by atoms with Crippen molar-refractivity contribution in [3.63, 3.8) is 0 Å². The first-order chi connectivity index (χ1) is 18.3. The molecule has 0 saturated heterocycles. The second kappa shape index (κ2) is 12.1. The van der Waals surface area contributed by atoms with Crippen molar-refractivity contribution in [3.8, 4) is 11.4 Å². The molecule has 4 rings (SSSR count). The van der Waals surface area contributed by atoms with Gasteiger partial charge in [-0.25, -0.2) is 0 Å². The number of aryl methyl sites for hydroxylation is 2. The number of nitrogens with zero attached hydrogens (tertiary/aromatic N) is 3. The molecule has 0 fully saturated rings. The van der Waals surface area contributed by atoms with Gasteiger partial charge in [0.25, 0.3) is 0 Å². The lowest BCUT2D eigenvalue weighted by molar-refractivity contribution is -0.116. The van der Waals surface area contributed by atoms with Crippen LogP contribution in [0.2, 0.25) is 5.02 Å². The molecular weight excluding hydrogens is 496 g/mol. The van der Waals surface area contributed by atoms with Gasteiger partial charge < -0.3 is 10.1 Å². The van der Waals surface area contributed by atoms with Gasteiger partial charge in [-0.1, -0.05) is 61.4 Å². The molecule has 1 heterocycles. The number of amides is 1. The van der Waals surface area contributed by atoms with Crippen LogP contribution in [-0.2, 0) is 4.79 Å². The maximum Gasteiger partial charge on any atom is 0.225 e. The fourth-order valence-corrected chi connectivity index (χ4v) is 4.70. The molecule has 0 spiro atoms. The van der Waals surface area contributed by atoms with Crippen LogP contribution >= 0.6 is 11.6 Å². The molecule has 1 unspecified atom stereocenters. The van der Waals surface area contributed by atoms with E-state index >= 15 is 0 Å². The Labute approximate surface area is 229 Å². The highest BCUT2D eigenvalue weighted by molar-refractivity contribution is 6.30. The maximum atomic E-state index is 13.1. The van der Waals surface area contributed by atoms with Crippen molar-refractivity contribution in [2.45, 2.75) is 46.0 Å². The average molecular weight is 529 g/mol. The lowest BCUT2D eigenvalue weighted by atomic mass is 9.95. The molecule has 3 aromatic carbocycles. The lowest BCUT2D eigenvalue weighted by Crippen LogP contribution is -2.19. The van der Waals surface area contributed by atoms with Gasteiger partial charge in [0.2, 0.25) is 5.91 Å². The highest BCUT2D eigenvalue weighted by Gasteiger charge is 2.25. The summed E-state index contributed by atoms with van der Waals surface area (Å²) in [5, 5.41) is 12.7. The van der Waals surface area contributed by atoms with Crippen LogP contribution in [0.1, 0.15) is 60.4 Å². The third kappa shape index (κ3) is 6.14. The number of benzene rings is 3. The molecule has 1 aromatic heterocycles. The summed E-state index contributed by atoms with van der Waals surface area (Å²) in [6.45, 7) is 10.4. The van der Waals surface area contributed by atoms with Crippen molar-refractivity contribution in [2.75, 3.05) is 12.4 Å². The van der Waals surface area contributed by atoms with E-state index in [1.807, 2.05) is 85.1 Å². The van der Waals surface area contributed by atoms with Gasteiger partial charge in [-0.3, -0.25) is 9.36 Å². The number of halogens is 1. The summed E-state index contributed by atoms with van der Waals surface area (Å²) >= 11 is 6.13. The predicted molar refractivity (Wildman–Crippen MR) is 154 cm³/mol. The van der Waals surface area contributed by atoms with Crippen molar-refractivity contribution in [1.82, 2.24) is 14.8 Å². The Balaban J connectivity index is 1.72. The molecule has 0 saturated carbocycles. The smallest absolute Gasteiger partial charge is 0.225 e. The van der Waals surface area contributed by atoms with Gasteiger partial charge >= 0.3 is 0 Å². The first-order valence-corrected chi connectivity index (χ1v) is 13.1. The van der Waals surface area contributed by atoms with Crippen molar-refractivity contribution >= 4 is 28.8 Å². The zero-order chi connectivity index (χ0) is 27.2. The number of hydrogen-bond donors (Lipinski definition) is 1. The number of hydrogen-bond acceptors (Lipinski definition) is 4. The van der Waals surface area contributed by atoms with E-state index in [1.165, 1.54) is 0 Å². The summed E-state index contributed by atoms with van der Waals surface area (Å²) in [6.07, 6.45) is 1.99. The average Bonchev–Trinajstić information content (AvgIpc) is 3.30. The van der Waals surface area contributed by atoms with Crippen molar-refractivity contribution in [1.29, 1.82) is 0 Å². The van der Waals surface area contributed by atoms with E-state index in [0.717, 1.165) is 58.1 Å². The van der Waals surface area contributed by atoms with Crippen molar-refractivity contribution in [2.24, 2.45) is 0 Å². The SMILES string of the molecule is C=C(c1ccc(Cl)cc1)c1cc(OC)ccc1-n1c(C)nnc1C(CCC)CC(=O)Nc1ccc(C)cc1. The Kier molecular flexibility index (Phi) is 8.64. The number of ether oxygens (including phenoxy) is 1. The molecule has 1 amide bonds. The van der Waals surface area contributed by atoms with Crippen LogP contribution in [-0.4, -0.2) is 27.8 Å². The Hall–Kier alpha value is -3.90. The van der Waals surface area contributed by atoms with Crippen LogP contribution < -0.4 is 10.1 Å². The Bertz CT molecular complexity index is 1430. The molecular formula is C31H33ClN4O2. The van der Waals surface area contributed by atoms with Gasteiger partial charge in [-0.05, 0) is 73.9 Å². The van der Waals surface area contributed by atoms with Gasteiger partial charge in [-0.15, -0.1) is 10.2 Å². The van der Waals surface area contributed by atoms with Gasteiger partial charge in [0.05, 0.1) is 12.8 Å². The highest BCUT2D eigenvalue weighted by Crippen LogP contribution is 2.34. The maximum absolute atomic E-state index is 13.1. The molecule has 196 valence electrons. The normalized spacial score (nSPS) is 11.7. The third-order valence-electron chi connectivity index (χ3n) is 6.58. The Morgan fingerprint density at radius 2 is 1.76 bits per heavy atom. The van der Waals surface area contributed by atoms with Crippen LogP contribution in [0.15, 0.2) is 73.3 Å². The molecule has 0 bridgehead atoms. The van der Waals surface area contributed by atoms with Crippen molar-refractivity contribution < 1.29 is 9.53 Å². The molecule has 38 heavy (non-hydrogen) atoms. The molecule has 0 radical (unpaired) electrons. The number of carbonyl (C=O) groups excluding carboxylic acids is 1. The summed E-state index contributed by atoms with van der Waals surface area (Å²) < 4.78 is 7.58. The fraction of sp³-hybridized carbons (Fsp3) is 0.258. The summed E-state index contributed by atoms with van der Waals surface area (Å²) in [5.74, 6) is 2.02. The number of nitrogens with one attached hydrogen (secondary N) is 1. The number of carbonyl (C=O) groups is 1. The number of aromatic nitrogens is 3. The summed E-state index contributed by atoms with van der Waals surface area (Å²) in [7, 11) is 1.64. The quantitative estimate of drug-likeness (QED) is 0.231. The van der Waals surface area contributed by atoms with E-state index in [9.17, 15) is 4.79 Å². The van der Waals surface area contributed by atoms with E-state index in [2.05, 4.69) is 29.0 Å². The Morgan fingerprint density at radius 1 is 1.05 bits per heavy atom. The fourth-order valence-electron chi connectivity index (χ4n) is 4.57. The van der Waals surface area contributed by atoms with Crippen LogP contribution in [0.5, 0.6) is 5.75 Å². The topological polar surface area (TPSA) is 69.0 Å². The van der Waals surface area contributed by atoms with Gasteiger partial charge in [-0.2, -0.15) is 0 Å². The van der Waals surface area contributed by atoms with Crippen LogP contribution in [0.4, 0.5) is 5.69 Å². The van der Waals surface area contributed by atoms with Crippen LogP contribution in [0.25, 0.3) is 11.3 Å². The largest absolute Gasteiger partial charge is 0.497 e. The zero-order valence-corrected chi connectivity index (χ0v) is 23.0. The lowest BCUT2D eigenvalue weighted by Gasteiger charge is -2.21. The standard InChI is InChI=1S/C31H33ClN4O2/c1-6-7-24(18-30(37)33-26-14-8-20(2)9-15-26)31-35-34-22(4)36(31)29-17-16-27(38-5)19-28(29)21(3)23-10-12-25(32)13-11-23/h8-17,19,24H,3,6-7,18H2,1-2,4-5H3,(H,33,37). The van der Waals surface area contributed by atoms with E-state index < -0.39 is 0 Å². The van der Waals surface area contributed by atoms with Gasteiger partial charge in [0.15, 0.2) is 0 Å². The minimum atomic E-state index is -0.120. The monoisotopic (exact) mass is 528 g/mol. The summed E-state index contributed by atoms with van der Waals surface area (Å²) in [4.78, 5) is 13.1. The Morgan fingerprint density at radius 3 is 2.42 bits per heavy atom. The molecule has 1 N–H and O–H groups in total. The second-order valence-electron chi connectivity index (χ2n) is 9.41. The number of rotatable bonds is 10. The molecule has 0 aliphatic rings. The second-order valence-corrected chi connectivity index (χ2v) is 9.85.